The maximum atomic E-state index is 4.63. The Labute approximate surface area is 112 Å². The van der Waals surface area contributed by atoms with Crippen LogP contribution in [-0.2, 0) is 19.4 Å². The van der Waals surface area contributed by atoms with Crippen LogP contribution in [0.3, 0.4) is 0 Å². The van der Waals surface area contributed by atoms with Crippen molar-refractivity contribution < 1.29 is 0 Å². The van der Waals surface area contributed by atoms with Crippen LogP contribution in [0.25, 0.3) is 0 Å². The summed E-state index contributed by atoms with van der Waals surface area (Å²) in [7, 11) is 0. The molecule has 18 heavy (non-hydrogen) atoms. The van der Waals surface area contributed by atoms with Crippen LogP contribution in [0, 0.1) is 5.41 Å². The quantitative estimate of drug-likeness (QED) is 0.842. The van der Waals surface area contributed by atoms with E-state index in [1.165, 1.54) is 11.4 Å². The predicted molar refractivity (Wildman–Crippen MR) is 77.9 cm³/mol. The van der Waals surface area contributed by atoms with Gasteiger partial charge in [-0.05, 0) is 31.4 Å². The van der Waals surface area contributed by atoms with Crippen LogP contribution >= 0.6 is 0 Å². The van der Waals surface area contributed by atoms with E-state index in [1.54, 1.807) is 0 Å². The van der Waals surface area contributed by atoms with E-state index in [2.05, 4.69) is 62.7 Å². The SMILES string of the molecule is CCNC(Cc1cc(CC)nn1CC)C(C)(C)C. The van der Waals surface area contributed by atoms with Gasteiger partial charge >= 0.3 is 0 Å². The van der Waals surface area contributed by atoms with Gasteiger partial charge in [-0.25, -0.2) is 0 Å². The van der Waals surface area contributed by atoms with Gasteiger partial charge in [0.2, 0.25) is 0 Å². The predicted octanol–water partition coefficient (Wildman–Crippen LogP) is 3.03. The standard InChI is InChI=1S/C15H29N3/c1-7-12-10-13(18(9-3)17-12)11-14(16-8-2)15(4,5)6/h10,14,16H,7-9,11H2,1-6H3. The Morgan fingerprint density at radius 1 is 1.28 bits per heavy atom. The fraction of sp³-hybridized carbons (Fsp3) is 0.800. The highest BCUT2D eigenvalue weighted by Gasteiger charge is 2.25. The highest BCUT2D eigenvalue weighted by atomic mass is 15.3. The van der Waals surface area contributed by atoms with Gasteiger partial charge in [-0.3, -0.25) is 4.68 Å². The lowest BCUT2D eigenvalue weighted by Gasteiger charge is -2.31. The average Bonchev–Trinajstić information content (AvgIpc) is 2.69. The number of aromatic nitrogens is 2. The van der Waals surface area contributed by atoms with Crippen LogP contribution in [0.15, 0.2) is 6.07 Å². The Morgan fingerprint density at radius 3 is 2.39 bits per heavy atom. The molecule has 1 heterocycles. The first kappa shape index (κ1) is 15.2. The maximum absolute atomic E-state index is 4.63. The molecule has 0 amide bonds. The Bertz CT molecular complexity index is 360. The van der Waals surface area contributed by atoms with Gasteiger partial charge in [0.15, 0.2) is 0 Å². The van der Waals surface area contributed by atoms with Crippen molar-refractivity contribution >= 4 is 0 Å². The largest absolute Gasteiger partial charge is 0.313 e. The minimum absolute atomic E-state index is 0.269. The molecule has 0 saturated heterocycles. The van der Waals surface area contributed by atoms with E-state index < -0.39 is 0 Å². The number of likely N-dealkylation sites (N-methyl/N-ethyl adjacent to an activating group) is 1. The molecule has 0 fully saturated rings. The average molecular weight is 251 g/mol. The molecule has 0 bridgehead atoms. The van der Waals surface area contributed by atoms with Gasteiger partial charge in [0.25, 0.3) is 0 Å². The zero-order valence-electron chi connectivity index (χ0n) is 12.9. The van der Waals surface area contributed by atoms with Crippen LogP contribution in [0.5, 0.6) is 0 Å². The van der Waals surface area contributed by atoms with Gasteiger partial charge in [0.05, 0.1) is 5.69 Å². The van der Waals surface area contributed by atoms with Crippen LogP contribution in [-0.4, -0.2) is 22.4 Å². The summed E-state index contributed by atoms with van der Waals surface area (Å²) in [5.74, 6) is 0. The summed E-state index contributed by atoms with van der Waals surface area (Å²) >= 11 is 0. The van der Waals surface area contributed by atoms with Crippen molar-refractivity contribution in [2.24, 2.45) is 5.41 Å². The summed E-state index contributed by atoms with van der Waals surface area (Å²) in [6, 6.07) is 2.76. The highest BCUT2D eigenvalue weighted by Crippen LogP contribution is 2.23. The molecule has 0 radical (unpaired) electrons. The summed E-state index contributed by atoms with van der Waals surface area (Å²) in [5, 5.41) is 8.24. The summed E-state index contributed by atoms with van der Waals surface area (Å²) in [4.78, 5) is 0. The molecule has 104 valence electrons. The van der Waals surface area contributed by atoms with Crippen LogP contribution < -0.4 is 5.32 Å². The van der Waals surface area contributed by atoms with Crippen molar-refractivity contribution in [1.29, 1.82) is 0 Å². The first-order valence-electron chi connectivity index (χ1n) is 7.21. The second-order valence-electron chi connectivity index (χ2n) is 5.98. The molecule has 3 nitrogen and oxygen atoms in total. The van der Waals surface area contributed by atoms with E-state index in [9.17, 15) is 0 Å². The molecule has 1 atom stereocenters. The monoisotopic (exact) mass is 251 g/mol. The molecule has 0 aliphatic rings. The molecular weight excluding hydrogens is 222 g/mol. The molecule has 3 heteroatoms. The lowest BCUT2D eigenvalue weighted by atomic mass is 9.84. The first-order chi connectivity index (χ1) is 8.42. The van der Waals surface area contributed by atoms with E-state index in [0.717, 1.165) is 25.9 Å². The lowest BCUT2D eigenvalue weighted by molar-refractivity contribution is 0.266. The number of aryl methyl sites for hydroxylation is 2. The zero-order chi connectivity index (χ0) is 13.8. The number of nitrogens with zero attached hydrogens (tertiary/aromatic N) is 2. The van der Waals surface area contributed by atoms with E-state index in [1.807, 2.05) is 0 Å². The molecule has 1 unspecified atom stereocenters. The van der Waals surface area contributed by atoms with E-state index >= 15 is 0 Å². The van der Waals surface area contributed by atoms with Crippen LogP contribution in [0.1, 0.15) is 52.9 Å². The van der Waals surface area contributed by atoms with E-state index in [-0.39, 0.29) is 5.41 Å². The summed E-state index contributed by atoms with van der Waals surface area (Å²) in [6.45, 7) is 15.4. The zero-order valence-corrected chi connectivity index (χ0v) is 12.9. The Kier molecular flexibility index (Phi) is 5.39. The van der Waals surface area contributed by atoms with Crippen molar-refractivity contribution in [3.8, 4) is 0 Å². The third-order valence-electron chi connectivity index (χ3n) is 3.48. The normalized spacial score (nSPS) is 13.9. The molecule has 0 aliphatic carbocycles. The number of hydrogen-bond acceptors (Lipinski definition) is 2. The number of rotatable bonds is 6. The molecule has 0 saturated carbocycles. The first-order valence-corrected chi connectivity index (χ1v) is 7.21. The molecule has 1 aromatic heterocycles. The summed E-state index contributed by atoms with van der Waals surface area (Å²) < 4.78 is 2.15. The smallest absolute Gasteiger partial charge is 0.0624 e. The Balaban J connectivity index is 2.89. The lowest BCUT2D eigenvalue weighted by Crippen LogP contribution is -2.42. The molecule has 0 spiro atoms. The molecule has 0 aromatic carbocycles. The minimum Gasteiger partial charge on any atom is -0.313 e. The van der Waals surface area contributed by atoms with Crippen LogP contribution in [0.2, 0.25) is 0 Å². The second-order valence-corrected chi connectivity index (χ2v) is 5.98. The molecule has 1 aromatic rings. The molecule has 0 aliphatic heterocycles. The fourth-order valence-electron chi connectivity index (χ4n) is 2.27. The molecule has 1 N–H and O–H groups in total. The molecule has 1 rings (SSSR count). The van der Waals surface area contributed by atoms with Crippen molar-refractivity contribution in [3.05, 3.63) is 17.5 Å². The topological polar surface area (TPSA) is 29.9 Å². The van der Waals surface area contributed by atoms with Crippen molar-refractivity contribution in [2.45, 2.75) is 67.0 Å². The van der Waals surface area contributed by atoms with Crippen molar-refractivity contribution in [1.82, 2.24) is 15.1 Å². The summed E-state index contributed by atoms with van der Waals surface area (Å²) in [6.07, 6.45) is 2.07. The maximum Gasteiger partial charge on any atom is 0.0624 e. The van der Waals surface area contributed by atoms with Crippen LogP contribution in [0.4, 0.5) is 0 Å². The van der Waals surface area contributed by atoms with Gasteiger partial charge in [0.1, 0.15) is 0 Å². The molecular formula is C15H29N3. The number of hydrogen-bond donors (Lipinski definition) is 1. The number of nitrogens with one attached hydrogen (secondary N) is 1. The van der Waals surface area contributed by atoms with Gasteiger partial charge in [-0.2, -0.15) is 5.10 Å². The van der Waals surface area contributed by atoms with Gasteiger partial charge in [0, 0.05) is 24.7 Å². The van der Waals surface area contributed by atoms with Gasteiger partial charge < -0.3 is 5.32 Å². The van der Waals surface area contributed by atoms with Crippen molar-refractivity contribution in [2.75, 3.05) is 6.54 Å². The third kappa shape index (κ3) is 3.84. The van der Waals surface area contributed by atoms with Gasteiger partial charge in [-0.15, -0.1) is 0 Å². The third-order valence-corrected chi connectivity index (χ3v) is 3.48. The van der Waals surface area contributed by atoms with E-state index in [0.29, 0.717) is 6.04 Å². The highest BCUT2D eigenvalue weighted by molar-refractivity contribution is 5.12. The minimum atomic E-state index is 0.269. The summed E-state index contributed by atoms with van der Waals surface area (Å²) in [5.41, 5.74) is 2.83. The second kappa shape index (κ2) is 6.37. The van der Waals surface area contributed by atoms with Gasteiger partial charge in [-0.1, -0.05) is 34.6 Å². The Morgan fingerprint density at radius 2 is 1.94 bits per heavy atom. The fourth-order valence-corrected chi connectivity index (χ4v) is 2.27. The Hall–Kier alpha value is -0.830. The van der Waals surface area contributed by atoms with E-state index in [4.69, 9.17) is 0 Å². The van der Waals surface area contributed by atoms with Crippen molar-refractivity contribution in [3.63, 3.8) is 0 Å².